The summed E-state index contributed by atoms with van der Waals surface area (Å²) < 4.78 is 37.9. The lowest BCUT2D eigenvalue weighted by atomic mass is 10.0. The molecule has 1 atom stereocenters. The van der Waals surface area contributed by atoms with Crippen molar-refractivity contribution in [3.05, 3.63) is 29.3 Å². The van der Waals surface area contributed by atoms with Gasteiger partial charge in [0.15, 0.2) is 0 Å². The molecule has 0 bridgehead atoms. The van der Waals surface area contributed by atoms with Crippen molar-refractivity contribution < 1.29 is 18.0 Å². The molecular formula is C14H19F3N2O. The van der Waals surface area contributed by atoms with Crippen molar-refractivity contribution >= 4 is 11.6 Å². The van der Waals surface area contributed by atoms with Crippen LogP contribution in [-0.2, 0) is 11.0 Å². The Morgan fingerprint density at radius 1 is 1.40 bits per heavy atom. The minimum Gasteiger partial charge on any atom is -0.330 e. The molecule has 112 valence electrons. The summed E-state index contributed by atoms with van der Waals surface area (Å²) in [4.78, 5) is 11.8. The van der Waals surface area contributed by atoms with Gasteiger partial charge in [-0.05, 0) is 37.1 Å². The second-order valence-electron chi connectivity index (χ2n) is 4.79. The van der Waals surface area contributed by atoms with Gasteiger partial charge >= 0.3 is 6.18 Å². The van der Waals surface area contributed by atoms with Crippen LogP contribution >= 0.6 is 0 Å². The number of anilines is 1. The number of hydrogen-bond acceptors (Lipinski definition) is 2. The summed E-state index contributed by atoms with van der Waals surface area (Å²) >= 11 is 0. The van der Waals surface area contributed by atoms with Crippen LogP contribution in [0.3, 0.4) is 0 Å². The van der Waals surface area contributed by atoms with Gasteiger partial charge in [0.25, 0.3) is 0 Å². The molecule has 20 heavy (non-hydrogen) atoms. The third-order valence-corrected chi connectivity index (χ3v) is 3.22. The van der Waals surface area contributed by atoms with Crippen molar-refractivity contribution in [1.82, 2.24) is 0 Å². The maximum atomic E-state index is 12.6. The van der Waals surface area contributed by atoms with Crippen LogP contribution < -0.4 is 11.1 Å². The number of nitrogens with two attached hydrogens (primary N) is 1. The molecule has 0 fully saturated rings. The predicted molar refractivity (Wildman–Crippen MR) is 72.3 cm³/mol. The fourth-order valence-corrected chi connectivity index (χ4v) is 1.79. The van der Waals surface area contributed by atoms with Gasteiger partial charge in [0, 0.05) is 12.1 Å². The molecule has 0 aliphatic carbocycles. The van der Waals surface area contributed by atoms with Crippen LogP contribution in [0.15, 0.2) is 18.2 Å². The Kier molecular flexibility index (Phi) is 5.56. The van der Waals surface area contributed by atoms with Crippen LogP contribution in [0.5, 0.6) is 0 Å². The Bertz CT molecular complexity index is 468. The van der Waals surface area contributed by atoms with Gasteiger partial charge in [0.1, 0.15) is 0 Å². The molecular weight excluding hydrogens is 269 g/mol. The van der Waals surface area contributed by atoms with E-state index in [0.717, 1.165) is 18.6 Å². The molecule has 0 radical (unpaired) electrons. The van der Waals surface area contributed by atoms with E-state index in [0.29, 0.717) is 12.1 Å². The highest BCUT2D eigenvalue weighted by Gasteiger charge is 2.30. The van der Waals surface area contributed by atoms with E-state index >= 15 is 0 Å². The largest absolute Gasteiger partial charge is 0.416 e. The molecule has 1 rings (SSSR count). The summed E-state index contributed by atoms with van der Waals surface area (Å²) in [7, 11) is 0. The summed E-state index contributed by atoms with van der Waals surface area (Å²) in [6, 6.07) is 3.30. The molecule has 3 N–H and O–H groups in total. The SMILES string of the molecule is CCC(CN)CC(=O)Nc1cc(C(F)(F)F)ccc1C. The average Bonchev–Trinajstić information content (AvgIpc) is 2.37. The van der Waals surface area contributed by atoms with E-state index in [2.05, 4.69) is 5.32 Å². The second-order valence-corrected chi connectivity index (χ2v) is 4.79. The molecule has 0 saturated carbocycles. The number of aryl methyl sites for hydroxylation is 1. The van der Waals surface area contributed by atoms with Gasteiger partial charge in [-0.1, -0.05) is 19.4 Å². The quantitative estimate of drug-likeness (QED) is 0.873. The number of amides is 1. The zero-order chi connectivity index (χ0) is 15.3. The number of benzene rings is 1. The van der Waals surface area contributed by atoms with Crippen molar-refractivity contribution in [2.24, 2.45) is 11.7 Å². The van der Waals surface area contributed by atoms with Gasteiger partial charge in [-0.2, -0.15) is 13.2 Å². The van der Waals surface area contributed by atoms with Gasteiger partial charge in [0.2, 0.25) is 5.91 Å². The summed E-state index contributed by atoms with van der Waals surface area (Å²) in [5.41, 5.74) is 5.51. The zero-order valence-electron chi connectivity index (χ0n) is 11.6. The molecule has 0 heterocycles. The Morgan fingerprint density at radius 2 is 2.05 bits per heavy atom. The standard InChI is InChI=1S/C14H19F3N2O/c1-3-10(8-18)6-13(20)19-12-7-11(14(15,16)17)5-4-9(12)2/h4-5,7,10H,3,6,8,18H2,1-2H3,(H,19,20). The average molecular weight is 288 g/mol. The lowest BCUT2D eigenvalue weighted by Gasteiger charge is -2.15. The minimum absolute atomic E-state index is 0.0427. The number of hydrogen-bond donors (Lipinski definition) is 2. The molecule has 6 heteroatoms. The first-order chi connectivity index (χ1) is 9.27. The molecule has 0 aliphatic heterocycles. The summed E-state index contributed by atoms with van der Waals surface area (Å²) in [6.45, 7) is 3.95. The zero-order valence-corrected chi connectivity index (χ0v) is 11.6. The van der Waals surface area contributed by atoms with Crippen LogP contribution in [-0.4, -0.2) is 12.5 Å². The first-order valence-corrected chi connectivity index (χ1v) is 6.45. The first kappa shape index (κ1) is 16.5. The van der Waals surface area contributed by atoms with Crippen LogP contribution in [0.4, 0.5) is 18.9 Å². The van der Waals surface area contributed by atoms with Crippen LogP contribution in [0.1, 0.15) is 30.9 Å². The summed E-state index contributed by atoms with van der Waals surface area (Å²) in [5.74, 6) is -0.272. The van der Waals surface area contributed by atoms with E-state index in [9.17, 15) is 18.0 Å². The lowest BCUT2D eigenvalue weighted by molar-refractivity contribution is -0.137. The maximum Gasteiger partial charge on any atom is 0.416 e. The van der Waals surface area contributed by atoms with E-state index in [1.165, 1.54) is 6.07 Å². The van der Waals surface area contributed by atoms with E-state index in [1.807, 2.05) is 6.92 Å². The number of carbonyl (C=O) groups is 1. The van der Waals surface area contributed by atoms with E-state index in [4.69, 9.17) is 5.73 Å². The fraction of sp³-hybridized carbons (Fsp3) is 0.500. The highest BCUT2D eigenvalue weighted by molar-refractivity contribution is 5.91. The summed E-state index contributed by atoms with van der Waals surface area (Å²) in [6.07, 6.45) is -3.45. The number of alkyl halides is 3. The maximum absolute atomic E-state index is 12.6. The van der Waals surface area contributed by atoms with Gasteiger partial charge < -0.3 is 11.1 Å². The monoisotopic (exact) mass is 288 g/mol. The molecule has 0 saturated heterocycles. The van der Waals surface area contributed by atoms with Crippen LogP contribution in [0.2, 0.25) is 0 Å². The highest BCUT2D eigenvalue weighted by Crippen LogP contribution is 2.32. The lowest BCUT2D eigenvalue weighted by Crippen LogP contribution is -2.22. The van der Waals surface area contributed by atoms with Gasteiger partial charge in [-0.25, -0.2) is 0 Å². The van der Waals surface area contributed by atoms with Crippen molar-refractivity contribution in [3.63, 3.8) is 0 Å². The number of rotatable bonds is 5. The molecule has 1 unspecified atom stereocenters. The van der Waals surface area contributed by atoms with Gasteiger partial charge in [0.05, 0.1) is 5.56 Å². The number of halogens is 3. The molecule has 0 aromatic heterocycles. The van der Waals surface area contributed by atoms with Crippen molar-refractivity contribution in [2.45, 2.75) is 32.9 Å². The van der Waals surface area contributed by atoms with Crippen molar-refractivity contribution in [1.29, 1.82) is 0 Å². The third kappa shape index (κ3) is 4.52. The highest BCUT2D eigenvalue weighted by atomic mass is 19.4. The molecule has 0 aliphatic rings. The van der Waals surface area contributed by atoms with E-state index < -0.39 is 11.7 Å². The molecule has 1 amide bonds. The van der Waals surface area contributed by atoms with Gasteiger partial charge in [-0.15, -0.1) is 0 Å². The fourth-order valence-electron chi connectivity index (χ4n) is 1.79. The Labute approximate surface area is 116 Å². The Morgan fingerprint density at radius 3 is 2.55 bits per heavy atom. The van der Waals surface area contributed by atoms with Crippen molar-refractivity contribution in [2.75, 3.05) is 11.9 Å². The van der Waals surface area contributed by atoms with Gasteiger partial charge in [-0.3, -0.25) is 4.79 Å². The smallest absolute Gasteiger partial charge is 0.330 e. The normalized spacial score (nSPS) is 13.1. The molecule has 3 nitrogen and oxygen atoms in total. The van der Waals surface area contributed by atoms with E-state index in [1.54, 1.807) is 6.92 Å². The summed E-state index contributed by atoms with van der Waals surface area (Å²) in [5, 5.41) is 2.53. The number of carbonyl (C=O) groups excluding carboxylic acids is 1. The molecule has 0 spiro atoms. The van der Waals surface area contributed by atoms with Crippen LogP contribution in [0, 0.1) is 12.8 Å². The number of nitrogens with one attached hydrogen (secondary N) is 1. The first-order valence-electron chi connectivity index (χ1n) is 6.45. The van der Waals surface area contributed by atoms with Crippen LogP contribution in [0.25, 0.3) is 0 Å². The van der Waals surface area contributed by atoms with Crippen molar-refractivity contribution in [3.8, 4) is 0 Å². The third-order valence-electron chi connectivity index (χ3n) is 3.22. The molecule has 1 aromatic carbocycles. The topological polar surface area (TPSA) is 55.1 Å². The molecule has 1 aromatic rings. The predicted octanol–water partition coefficient (Wildman–Crippen LogP) is 3.33. The van der Waals surface area contributed by atoms with E-state index in [-0.39, 0.29) is 23.9 Å². The Hall–Kier alpha value is -1.56. The Balaban J connectivity index is 2.84. The second kappa shape index (κ2) is 6.74. The minimum atomic E-state index is -4.42.